The van der Waals surface area contributed by atoms with Crippen LogP contribution in [-0.2, 0) is 0 Å². The van der Waals surface area contributed by atoms with Gasteiger partial charge in [-0.2, -0.15) is 0 Å². The Balaban J connectivity index is 1.65. The summed E-state index contributed by atoms with van der Waals surface area (Å²) in [5, 5.41) is 0.817. The zero-order valence-corrected chi connectivity index (χ0v) is 15.9. The quantitative estimate of drug-likeness (QED) is 0.637. The monoisotopic (exact) mass is 375 g/mol. The number of pyridine rings is 1. The van der Waals surface area contributed by atoms with Crippen molar-refractivity contribution < 1.29 is 9.53 Å². The molecule has 3 aromatic rings. The van der Waals surface area contributed by atoms with E-state index in [0.717, 1.165) is 35.4 Å². The lowest BCUT2D eigenvalue weighted by atomic mass is 10.1. The number of ether oxygens (including phenoxy) is 1. The maximum Gasteiger partial charge on any atom is 0.250 e. The Hall–Kier alpha value is -2.92. The van der Waals surface area contributed by atoms with E-state index in [4.69, 9.17) is 15.5 Å². The van der Waals surface area contributed by atoms with E-state index >= 15 is 0 Å². The molecule has 0 unspecified atom stereocenters. The first-order chi connectivity index (χ1) is 13.7. The number of nitrogens with zero attached hydrogens (tertiary/aromatic N) is 2. The largest absolute Gasteiger partial charge is 0.493 e. The number of aromatic nitrogens is 1. The Bertz CT molecular complexity index is 966. The molecular weight excluding hydrogens is 350 g/mol. The first-order valence-corrected chi connectivity index (χ1v) is 9.86. The van der Waals surface area contributed by atoms with Gasteiger partial charge in [0.1, 0.15) is 5.75 Å². The van der Waals surface area contributed by atoms with Crippen LogP contribution in [0.15, 0.2) is 54.6 Å². The molecule has 4 rings (SSSR count). The van der Waals surface area contributed by atoms with Gasteiger partial charge in [0.05, 0.1) is 23.4 Å². The predicted molar refractivity (Wildman–Crippen MR) is 111 cm³/mol. The average Bonchev–Trinajstić information content (AvgIpc) is 3.24. The van der Waals surface area contributed by atoms with E-state index in [2.05, 4.69) is 4.90 Å². The molecule has 5 nitrogen and oxygen atoms in total. The van der Waals surface area contributed by atoms with Crippen LogP contribution in [0.25, 0.3) is 22.2 Å². The molecule has 1 aliphatic rings. The van der Waals surface area contributed by atoms with Gasteiger partial charge in [-0.15, -0.1) is 0 Å². The van der Waals surface area contributed by atoms with Gasteiger partial charge in [-0.3, -0.25) is 4.79 Å². The standard InChI is InChI=1S/C23H25N3O2/c24-23(27)19-11-6-10-18-21(28-15-7-14-26-12-4-5-13-26)16-20(25-22(18)19)17-8-2-1-3-9-17/h1-3,6,8-11,16H,4-5,7,12-15H2,(H2,24,27). The molecule has 1 aromatic heterocycles. The predicted octanol–water partition coefficient (Wildman–Crippen LogP) is 3.87. The van der Waals surface area contributed by atoms with Crippen LogP contribution in [0.1, 0.15) is 29.6 Å². The molecule has 0 saturated carbocycles. The number of likely N-dealkylation sites (tertiary alicyclic amines) is 1. The number of primary amides is 1. The van der Waals surface area contributed by atoms with E-state index in [-0.39, 0.29) is 0 Å². The fraction of sp³-hybridized carbons (Fsp3) is 0.304. The molecule has 0 spiro atoms. The number of amides is 1. The average molecular weight is 375 g/mol. The summed E-state index contributed by atoms with van der Waals surface area (Å²) >= 11 is 0. The maximum atomic E-state index is 11.9. The van der Waals surface area contributed by atoms with E-state index in [1.54, 1.807) is 6.07 Å². The lowest BCUT2D eigenvalue weighted by Crippen LogP contribution is -2.22. The molecule has 2 N–H and O–H groups in total. The van der Waals surface area contributed by atoms with Crippen LogP contribution in [0.5, 0.6) is 5.75 Å². The topological polar surface area (TPSA) is 68.5 Å². The third kappa shape index (κ3) is 3.99. The second-order valence-corrected chi connectivity index (χ2v) is 7.19. The number of hydrogen-bond acceptors (Lipinski definition) is 4. The molecule has 1 fully saturated rings. The fourth-order valence-corrected chi connectivity index (χ4v) is 3.77. The number of carbonyl (C=O) groups is 1. The summed E-state index contributed by atoms with van der Waals surface area (Å²) in [5.41, 5.74) is 8.34. The second-order valence-electron chi connectivity index (χ2n) is 7.19. The van der Waals surface area contributed by atoms with Gasteiger partial charge in [-0.25, -0.2) is 4.98 Å². The molecular formula is C23H25N3O2. The van der Waals surface area contributed by atoms with Gasteiger partial charge in [-0.05, 0) is 44.5 Å². The fourth-order valence-electron chi connectivity index (χ4n) is 3.77. The third-order valence-corrected chi connectivity index (χ3v) is 5.21. The van der Waals surface area contributed by atoms with Crippen molar-refractivity contribution in [2.45, 2.75) is 19.3 Å². The first-order valence-electron chi connectivity index (χ1n) is 9.86. The van der Waals surface area contributed by atoms with E-state index in [9.17, 15) is 4.79 Å². The highest BCUT2D eigenvalue weighted by molar-refractivity contribution is 6.06. The SMILES string of the molecule is NC(=O)c1cccc2c(OCCCN3CCCC3)cc(-c3ccccc3)nc12. The minimum Gasteiger partial charge on any atom is -0.493 e. The van der Waals surface area contributed by atoms with Gasteiger partial charge < -0.3 is 15.4 Å². The lowest BCUT2D eigenvalue weighted by molar-refractivity contribution is 0.100. The molecule has 0 aliphatic carbocycles. The molecule has 0 bridgehead atoms. The van der Waals surface area contributed by atoms with Crippen molar-refractivity contribution in [2.75, 3.05) is 26.2 Å². The van der Waals surface area contributed by atoms with Crippen LogP contribution in [-0.4, -0.2) is 42.0 Å². The Morgan fingerprint density at radius 2 is 1.86 bits per heavy atom. The normalized spacial score (nSPS) is 14.4. The zero-order valence-electron chi connectivity index (χ0n) is 15.9. The van der Waals surface area contributed by atoms with Crippen LogP contribution in [0, 0.1) is 0 Å². The zero-order chi connectivity index (χ0) is 19.3. The summed E-state index contributed by atoms with van der Waals surface area (Å²) in [5.74, 6) is 0.261. The van der Waals surface area contributed by atoms with E-state index in [1.165, 1.54) is 25.9 Å². The van der Waals surface area contributed by atoms with Gasteiger partial charge in [0.15, 0.2) is 0 Å². The summed E-state index contributed by atoms with van der Waals surface area (Å²) in [7, 11) is 0. The maximum absolute atomic E-state index is 11.9. The highest BCUT2D eigenvalue weighted by Crippen LogP contribution is 2.31. The summed E-state index contributed by atoms with van der Waals surface area (Å²) in [4.78, 5) is 19.1. The van der Waals surface area contributed by atoms with E-state index in [0.29, 0.717) is 17.7 Å². The van der Waals surface area contributed by atoms with Gasteiger partial charge >= 0.3 is 0 Å². The number of rotatable bonds is 7. The van der Waals surface area contributed by atoms with Crippen molar-refractivity contribution in [3.63, 3.8) is 0 Å². The molecule has 1 saturated heterocycles. The third-order valence-electron chi connectivity index (χ3n) is 5.21. The highest BCUT2D eigenvalue weighted by atomic mass is 16.5. The van der Waals surface area contributed by atoms with Crippen molar-refractivity contribution in [3.8, 4) is 17.0 Å². The van der Waals surface area contributed by atoms with Crippen molar-refractivity contribution >= 4 is 16.8 Å². The summed E-state index contributed by atoms with van der Waals surface area (Å²) < 4.78 is 6.16. The lowest BCUT2D eigenvalue weighted by Gasteiger charge is -2.16. The summed E-state index contributed by atoms with van der Waals surface area (Å²) in [6.45, 7) is 4.07. The van der Waals surface area contributed by atoms with Crippen molar-refractivity contribution in [1.29, 1.82) is 0 Å². The molecule has 0 radical (unpaired) electrons. The highest BCUT2D eigenvalue weighted by Gasteiger charge is 2.15. The molecule has 5 heteroatoms. The van der Waals surface area contributed by atoms with E-state index < -0.39 is 5.91 Å². The van der Waals surface area contributed by atoms with Crippen LogP contribution < -0.4 is 10.5 Å². The Morgan fingerprint density at radius 1 is 1.07 bits per heavy atom. The summed E-state index contributed by atoms with van der Waals surface area (Å²) in [6.07, 6.45) is 3.57. The molecule has 144 valence electrons. The molecule has 0 atom stereocenters. The number of benzene rings is 2. The van der Waals surface area contributed by atoms with Gasteiger partial charge in [-0.1, -0.05) is 36.4 Å². The molecule has 2 heterocycles. The van der Waals surface area contributed by atoms with Crippen molar-refractivity contribution in [1.82, 2.24) is 9.88 Å². The minimum atomic E-state index is -0.483. The Kier molecular flexibility index (Phi) is 5.53. The van der Waals surface area contributed by atoms with Crippen LogP contribution in [0.4, 0.5) is 0 Å². The van der Waals surface area contributed by atoms with Gasteiger partial charge in [0.2, 0.25) is 0 Å². The van der Waals surface area contributed by atoms with Gasteiger partial charge in [0, 0.05) is 23.6 Å². The number of carbonyl (C=O) groups excluding carboxylic acids is 1. The van der Waals surface area contributed by atoms with Crippen LogP contribution in [0.3, 0.4) is 0 Å². The summed E-state index contributed by atoms with van der Waals surface area (Å²) in [6, 6.07) is 17.3. The molecule has 1 amide bonds. The first kappa shape index (κ1) is 18.4. The number of nitrogens with two attached hydrogens (primary N) is 1. The minimum absolute atomic E-state index is 0.414. The van der Waals surface area contributed by atoms with Crippen LogP contribution >= 0.6 is 0 Å². The number of hydrogen-bond donors (Lipinski definition) is 1. The van der Waals surface area contributed by atoms with Gasteiger partial charge in [0.25, 0.3) is 5.91 Å². The van der Waals surface area contributed by atoms with Crippen LogP contribution in [0.2, 0.25) is 0 Å². The van der Waals surface area contributed by atoms with Crippen molar-refractivity contribution in [2.24, 2.45) is 5.73 Å². The Labute approximate surface area is 165 Å². The smallest absolute Gasteiger partial charge is 0.250 e. The van der Waals surface area contributed by atoms with Crippen molar-refractivity contribution in [3.05, 3.63) is 60.2 Å². The number of fused-ring (bicyclic) bond motifs is 1. The molecule has 28 heavy (non-hydrogen) atoms. The Morgan fingerprint density at radius 3 is 2.61 bits per heavy atom. The molecule has 1 aliphatic heterocycles. The number of para-hydroxylation sites is 1. The molecule has 2 aromatic carbocycles. The second kappa shape index (κ2) is 8.40. The van der Waals surface area contributed by atoms with E-state index in [1.807, 2.05) is 48.5 Å².